The van der Waals surface area contributed by atoms with Crippen molar-refractivity contribution in [3.05, 3.63) is 35.4 Å². The summed E-state index contributed by atoms with van der Waals surface area (Å²) >= 11 is 0. The van der Waals surface area contributed by atoms with Crippen molar-refractivity contribution in [1.82, 2.24) is 0 Å². The fourth-order valence-electron chi connectivity index (χ4n) is 4.85. The first-order chi connectivity index (χ1) is 17.4. The molecule has 0 N–H and O–H groups in total. The van der Waals surface area contributed by atoms with Gasteiger partial charge in [-0.05, 0) is 51.0 Å². The van der Waals surface area contributed by atoms with Gasteiger partial charge in [0.2, 0.25) is 0 Å². The minimum atomic E-state index is -1.12. The molecule has 0 radical (unpaired) electrons. The topological polar surface area (TPSA) is 40.1 Å². The van der Waals surface area contributed by atoms with Crippen molar-refractivity contribution in [1.29, 1.82) is 0 Å². The molecule has 0 spiro atoms. The molecule has 3 nitrogen and oxygen atoms in total. The van der Waals surface area contributed by atoms with Crippen molar-refractivity contribution in [2.75, 3.05) is 26.7 Å². The van der Waals surface area contributed by atoms with Crippen LogP contribution in [0.2, 0.25) is 0 Å². The molecule has 1 aromatic carbocycles. The minimum absolute atomic E-state index is 0.227. The first-order valence-corrected chi connectivity index (χ1v) is 15.5. The van der Waals surface area contributed by atoms with Crippen LogP contribution in [0.3, 0.4) is 0 Å². The number of carbonyl (C=O) groups is 1. The molecule has 0 bridgehead atoms. The summed E-state index contributed by atoms with van der Waals surface area (Å²) in [5.74, 6) is -1.12. The van der Waals surface area contributed by atoms with Crippen molar-refractivity contribution >= 4 is 5.97 Å². The Hall–Kier alpha value is -1.35. The lowest BCUT2D eigenvalue weighted by molar-refractivity contribution is -0.910. The van der Waals surface area contributed by atoms with Crippen LogP contribution in [0, 0.1) is 6.92 Å². The van der Waals surface area contributed by atoms with Crippen molar-refractivity contribution in [3.63, 3.8) is 0 Å². The fraction of sp³-hybridized carbons (Fsp3) is 0.788. The first-order valence-electron chi connectivity index (χ1n) is 15.5. The van der Waals surface area contributed by atoms with Gasteiger partial charge in [-0.3, -0.25) is 0 Å². The predicted octanol–water partition coefficient (Wildman–Crippen LogP) is 8.87. The number of hydrogen-bond acceptors (Lipinski definition) is 2. The van der Waals surface area contributed by atoms with E-state index < -0.39 is 5.97 Å². The lowest BCUT2D eigenvalue weighted by Crippen LogP contribution is -2.46. The number of aromatic carboxylic acids is 1. The van der Waals surface area contributed by atoms with Crippen molar-refractivity contribution in [3.8, 4) is 0 Å². The summed E-state index contributed by atoms with van der Waals surface area (Å²) in [7, 11) is 2.56. The predicted molar refractivity (Wildman–Crippen MR) is 156 cm³/mol. The molecule has 0 saturated heterocycles. The Morgan fingerprint density at radius 1 is 0.583 bits per heavy atom. The van der Waals surface area contributed by atoms with Crippen LogP contribution in [0.15, 0.2) is 24.3 Å². The second kappa shape index (κ2) is 24.0. The number of carboxylic acid groups (broad SMARTS) is 1. The molecule has 210 valence electrons. The number of carboxylic acids is 1. The van der Waals surface area contributed by atoms with Crippen LogP contribution < -0.4 is 5.11 Å². The SMILES string of the molecule is CCCCCCCC[N+](C)(CCCCCCCC)CCCCCCCC.Cc1ccc(C(=O)[O-])cc1. The third-order valence-electron chi connectivity index (χ3n) is 7.44. The number of rotatable bonds is 22. The summed E-state index contributed by atoms with van der Waals surface area (Å²) in [6.07, 6.45) is 25.9. The zero-order chi connectivity index (χ0) is 26.9. The van der Waals surface area contributed by atoms with Crippen LogP contribution in [0.5, 0.6) is 0 Å². The highest BCUT2D eigenvalue weighted by atomic mass is 16.4. The smallest absolute Gasteiger partial charge is 0.0784 e. The van der Waals surface area contributed by atoms with Gasteiger partial charge in [0, 0.05) is 0 Å². The Kier molecular flexibility index (Phi) is 23.1. The highest BCUT2D eigenvalue weighted by Gasteiger charge is 2.20. The Morgan fingerprint density at radius 2 is 0.889 bits per heavy atom. The maximum Gasteiger partial charge on any atom is 0.0784 e. The summed E-state index contributed by atoms with van der Waals surface area (Å²) in [6.45, 7) is 13.1. The van der Waals surface area contributed by atoms with Crippen LogP contribution >= 0.6 is 0 Å². The van der Waals surface area contributed by atoms with Crippen molar-refractivity contribution in [2.45, 2.75) is 143 Å². The third kappa shape index (κ3) is 20.8. The number of quaternary nitrogens is 1. The standard InChI is InChI=1S/C25H54N.C8H8O2/c1-5-8-11-14-17-20-23-26(4,24-21-18-15-12-9-6-2)25-22-19-16-13-10-7-3;1-6-2-4-7(5-3-6)8(9)10/h5-25H2,1-4H3;2-5H,1H3,(H,9,10)/q+1;/p-1. The average molecular weight is 504 g/mol. The molecule has 0 unspecified atom stereocenters. The van der Waals surface area contributed by atoms with Gasteiger partial charge in [0.05, 0.1) is 32.7 Å². The molecule has 36 heavy (non-hydrogen) atoms. The highest BCUT2D eigenvalue weighted by molar-refractivity contribution is 5.85. The maximum absolute atomic E-state index is 10.2. The van der Waals surface area contributed by atoms with Gasteiger partial charge < -0.3 is 14.4 Å². The van der Waals surface area contributed by atoms with Crippen LogP contribution in [0.1, 0.15) is 152 Å². The van der Waals surface area contributed by atoms with E-state index in [-0.39, 0.29) is 5.56 Å². The molecular weight excluding hydrogens is 442 g/mol. The van der Waals surface area contributed by atoms with E-state index in [2.05, 4.69) is 27.8 Å². The largest absolute Gasteiger partial charge is 0.545 e. The van der Waals surface area contributed by atoms with E-state index in [1.807, 2.05) is 6.92 Å². The zero-order valence-corrected chi connectivity index (χ0v) is 24.9. The molecule has 0 atom stereocenters. The van der Waals surface area contributed by atoms with Gasteiger partial charge >= 0.3 is 0 Å². The van der Waals surface area contributed by atoms with E-state index in [1.165, 1.54) is 152 Å². The second-order valence-corrected chi connectivity index (χ2v) is 11.2. The van der Waals surface area contributed by atoms with Gasteiger partial charge in [0.25, 0.3) is 0 Å². The normalized spacial score (nSPS) is 11.2. The van der Waals surface area contributed by atoms with Crippen molar-refractivity contribution in [2.24, 2.45) is 0 Å². The van der Waals surface area contributed by atoms with Gasteiger partial charge in [-0.1, -0.05) is 128 Å². The van der Waals surface area contributed by atoms with E-state index in [0.717, 1.165) is 5.56 Å². The zero-order valence-electron chi connectivity index (χ0n) is 24.9. The summed E-state index contributed by atoms with van der Waals surface area (Å²) in [5.41, 5.74) is 1.27. The Bertz CT molecular complexity index is 570. The van der Waals surface area contributed by atoms with E-state index >= 15 is 0 Å². The van der Waals surface area contributed by atoms with E-state index in [1.54, 1.807) is 12.1 Å². The van der Waals surface area contributed by atoms with E-state index in [4.69, 9.17) is 0 Å². The number of carbonyl (C=O) groups excluding carboxylic acids is 1. The summed E-state index contributed by atoms with van der Waals surface area (Å²) < 4.78 is 1.36. The lowest BCUT2D eigenvalue weighted by atomic mass is 10.1. The molecule has 0 aromatic heterocycles. The van der Waals surface area contributed by atoms with Gasteiger partial charge in [0.15, 0.2) is 0 Å². The van der Waals surface area contributed by atoms with Gasteiger partial charge in [-0.15, -0.1) is 0 Å². The van der Waals surface area contributed by atoms with Crippen LogP contribution in [-0.4, -0.2) is 37.1 Å². The summed E-state index contributed by atoms with van der Waals surface area (Å²) in [4.78, 5) is 10.2. The highest BCUT2D eigenvalue weighted by Crippen LogP contribution is 2.16. The van der Waals surface area contributed by atoms with E-state index in [0.29, 0.717) is 0 Å². The van der Waals surface area contributed by atoms with Gasteiger partial charge in [0.1, 0.15) is 0 Å². The number of aryl methyl sites for hydroxylation is 1. The first kappa shape index (κ1) is 34.6. The molecule has 0 amide bonds. The maximum atomic E-state index is 10.2. The Morgan fingerprint density at radius 3 is 1.19 bits per heavy atom. The van der Waals surface area contributed by atoms with Crippen LogP contribution in [0.4, 0.5) is 0 Å². The number of nitrogens with zero attached hydrogens (tertiary/aromatic N) is 1. The lowest BCUT2D eigenvalue weighted by Gasteiger charge is -2.35. The Balaban J connectivity index is 0.00000101. The number of unbranched alkanes of at least 4 members (excludes halogenated alkanes) is 15. The molecule has 0 aliphatic rings. The van der Waals surface area contributed by atoms with Crippen LogP contribution in [0.25, 0.3) is 0 Å². The quantitative estimate of drug-likeness (QED) is 0.117. The summed E-state index contributed by atoms with van der Waals surface area (Å²) in [6, 6.07) is 6.55. The van der Waals surface area contributed by atoms with Gasteiger partial charge in [-0.25, -0.2) is 0 Å². The summed E-state index contributed by atoms with van der Waals surface area (Å²) in [5, 5.41) is 10.2. The monoisotopic (exact) mass is 503 g/mol. The van der Waals surface area contributed by atoms with Crippen LogP contribution in [-0.2, 0) is 0 Å². The van der Waals surface area contributed by atoms with Crippen molar-refractivity contribution < 1.29 is 14.4 Å². The number of benzene rings is 1. The molecule has 1 rings (SSSR count). The molecule has 0 saturated carbocycles. The van der Waals surface area contributed by atoms with E-state index in [9.17, 15) is 9.90 Å². The van der Waals surface area contributed by atoms with Gasteiger partial charge in [-0.2, -0.15) is 0 Å². The molecule has 3 heteroatoms. The number of hydrogen-bond donors (Lipinski definition) is 0. The molecule has 0 fully saturated rings. The molecule has 0 heterocycles. The third-order valence-corrected chi connectivity index (χ3v) is 7.44. The second-order valence-electron chi connectivity index (χ2n) is 11.2. The molecular formula is C33H61NO2. The minimum Gasteiger partial charge on any atom is -0.545 e. The Labute approximate surface area is 225 Å². The molecule has 0 aliphatic heterocycles. The average Bonchev–Trinajstić information content (AvgIpc) is 2.86. The molecule has 1 aromatic rings. The molecule has 0 aliphatic carbocycles. The fourth-order valence-corrected chi connectivity index (χ4v) is 4.85.